The summed E-state index contributed by atoms with van der Waals surface area (Å²) in [5, 5.41) is 31.4. The fraction of sp³-hybridized carbons (Fsp3) is 0.636. The minimum atomic E-state index is -1.82. The summed E-state index contributed by atoms with van der Waals surface area (Å²) in [5.41, 5.74) is 0. The van der Waals surface area contributed by atoms with Crippen molar-refractivity contribution in [3.63, 3.8) is 0 Å². The first kappa shape index (κ1) is 19.2. The molecule has 19 heavy (non-hydrogen) atoms. The Labute approximate surface area is 109 Å². The third-order valence-electron chi connectivity index (χ3n) is 1.96. The first-order chi connectivity index (χ1) is 8.77. The summed E-state index contributed by atoms with van der Waals surface area (Å²) < 4.78 is 0. The van der Waals surface area contributed by atoms with E-state index >= 15 is 0 Å². The summed E-state index contributed by atoms with van der Waals surface area (Å²) in [4.78, 5) is 38.4. The van der Waals surface area contributed by atoms with Crippen molar-refractivity contribution in [2.75, 3.05) is 0 Å². The normalized spacial score (nSPS) is 9.05. The van der Waals surface area contributed by atoms with Gasteiger partial charge in [0.15, 0.2) is 0 Å². The second-order valence-electron chi connectivity index (χ2n) is 3.67. The number of hydrogen-bond donors (Lipinski definition) is 4. The highest BCUT2D eigenvalue weighted by Crippen LogP contribution is 2.06. The number of rotatable bonds is 8. The number of carboxylic acids is 4. The van der Waals surface area contributed by atoms with E-state index in [-0.39, 0.29) is 12.8 Å². The first-order valence-electron chi connectivity index (χ1n) is 5.67. The quantitative estimate of drug-likeness (QED) is 0.380. The van der Waals surface area contributed by atoms with Crippen LogP contribution in [-0.4, -0.2) is 44.3 Å². The topological polar surface area (TPSA) is 149 Å². The molecule has 0 aliphatic rings. The Morgan fingerprint density at radius 2 is 0.789 bits per heavy atom. The minimum Gasteiger partial charge on any atom is -0.481 e. The Hall–Kier alpha value is -2.12. The maximum absolute atomic E-state index is 10.1. The molecule has 0 rings (SSSR count). The van der Waals surface area contributed by atoms with Crippen LogP contribution in [0.25, 0.3) is 0 Å². The van der Waals surface area contributed by atoms with Crippen molar-refractivity contribution in [3.8, 4) is 0 Å². The number of carboxylic acid groups (broad SMARTS) is 4. The molecule has 110 valence electrons. The monoisotopic (exact) mass is 278 g/mol. The molecule has 0 aliphatic heterocycles. The van der Waals surface area contributed by atoms with Gasteiger partial charge < -0.3 is 20.4 Å². The number of unbranched alkanes of at least 4 members (excludes halogenated alkanes) is 4. The van der Waals surface area contributed by atoms with Gasteiger partial charge in [0.25, 0.3) is 0 Å². The van der Waals surface area contributed by atoms with Crippen LogP contribution < -0.4 is 0 Å². The van der Waals surface area contributed by atoms with Gasteiger partial charge in [0.2, 0.25) is 0 Å². The van der Waals surface area contributed by atoms with E-state index < -0.39 is 23.9 Å². The second kappa shape index (κ2) is 12.3. The third kappa shape index (κ3) is 21.7. The van der Waals surface area contributed by atoms with Crippen LogP contribution in [0.1, 0.15) is 44.9 Å². The molecule has 0 bridgehead atoms. The molecule has 0 fully saturated rings. The van der Waals surface area contributed by atoms with Crippen molar-refractivity contribution >= 4 is 23.9 Å². The average molecular weight is 278 g/mol. The van der Waals surface area contributed by atoms with Gasteiger partial charge in [-0.1, -0.05) is 19.3 Å². The van der Waals surface area contributed by atoms with Gasteiger partial charge in [-0.25, -0.2) is 9.59 Å². The molecule has 0 saturated carbocycles. The molecule has 4 N–H and O–H groups in total. The van der Waals surface area contributed by atoms with Crippen LogP contribution >= 0.6 is 0 Å². The van der Waals surface area contributed by atoms with Crippen LogP contribution in [0, 0.1) is 0 Å². The Bertz CT molecular complexity index is 280. The maximum Gasteiger partial charge on any atom is 0.414 e. The Morgan fingerprint density at radius 3 is 1.00 bits per heavy atom. The van der Waals surface area contributed by atoms with Crippen LogP contribution in [0.4, 0.5) is 0 Å². The lowest BCUT2D eigenvalue weighted by atomic mass is 10.1. The Balaban J connectivity index is 0. The van der Waals surface area contributed by atoms with Crippen molar-refractivity contribution in [2.24, 2.45) is 0 Å². The van der Waals surface area contributed by atoms with E-state index in [4.69, 9.17) is 30.0 Å². The van der Waals surface area contributed by atoms with E-state index in [1.165, 1.54) is 0 Å². The zero-order valence-electron chi connectivity index (χ0n) is 10.4. The summed E-state index contributed by atoms with van der Waals surface area (Å²) >= 11 is 0. The smallest absolute Gasteiger partial charge is 0.414 e. The second-order valence-corrected chi connectivity index (χ2v) is 3.67. The molecule has 0 atom stereocenters. The molecule has 8 heteroatoms. The zero-order chi connectivity index (χ0) is 15.3. The lowest BCUT2D eigenvalue weighted by Gasteiger charge is -1.97. The van der Waals surface area contributed by atoms with Crippen molar-refractivity contribution < 1.29 is 39.6 Å². The van der Waals surface area contributed by atoms with Gasteiger partial charge in [0, 0.05) is 12.8 Å². The van der Waals surface area contributed by atoms with Crippen molar-refractivity contribution in [1.82, 2.24) is 0 Å². The molecule has 0 aromatic rings. The molecule has 0 amide bonds. The van der Waals surface area contributed by atoms with Gasteiger partial charge in [0.1, 0.15) is 0 Å². The summed E-state index contributed by atoms with van der Waals surface area (Å²) in [7, 11) is 0. The molecular formula is C11H18O8. The molecule has 8 nitrogen and oxygen atoms in total. The van der Waals surface area contributed by atoms with Crippen LogP contribution in [0.15, 0.2) is 0 Å². The molecule has 0 radical (unpaired) electrons. The molecule has 0 heterocycles. The lowest BCUT2D eigenvalue weighted by Crippen LogP contribution is -2.09. The van der Waals surface area contributed by atoms with Gasteiger partial charge >= 0.3 is 23.9 Å². The summed E-state index contributed by atoms with van der Waals surface area (Å²) in [6.45, 7) is 0. The Kier molecular flexibility index (Phi) is 12.5. The molecule has 0 spiro atoms. The highest BCUT2D eigenvalue weighted by Gasteiger charge is 2.04. The predicted octanol–water partition coefficient (Wildman–Crippen LogP) is 1.04. The standard InChI is InChI=1S/C9H16O4.C2H2O4/c10-8(11)6-4-2-1-3-5-7-9(12)13;3-1(4)2(5)6/h1-7H2,(H,10,11)(H,12,13);(H,3,4)(H,5,6). The van der Waals surface area contributed by atoms with Gasteiger partial charge in [-0.15, -0.1) is 0 Å². The largest absolute Gasteiger partial charge is 0.481 e. The average Bonchev–Trinajstić information content (AvgIpc) is 2.27. The number of aliphatic carboxylic acids is 4. The van der Waals surface area contributed by atoms with Crippen molar-refractivity contribution in [2.45, 2.75) is 44.9 Å². The van der Waals surface area contributed by atoms with E-state index in [0.717, 1.165) is 19.3 Å². The van der Waals surface area contributed by atoms with Crippen molar-refractivity contribution in [3.05, 3.63) is 0 Å². The minimum absolute atomic E-state index is 0.221. The van der Waals surface area contributed by atoms with E-state index in [0.29, 0.717) is 12.8 Å². The zero-order valence-corrected chi connectivity index (χ0v) is 10.4. The van der Waals surface area contributed by atoms with E-state index in [1.807, 2.05) is 0 Å². The highest BCUT2D eigenvalue weighted by atomic mass is 16.4. The molecular weight excluding hydrogens is 260 g/mol. The van der Waals surface area contributed by atoms with Crippen LogP contribution in [0.5, 0.6) is 0 Å². The van der Waals surface area contributed by atoms with Crippen LogP contribution in [-0.2, 0) is 19.2 Å². The van der Waals surface area contributed by atoms with Crippen molar-refractivity contribution in [1.29, 1.82) is 0 Å². The molecule has 0 unspecified atom stereocenters. The van der Waals surface area contributed by atoms with Gasteiger partial charge in [0.05, 0.1) is 0 Å². The van der Waals surface area contributed by atoms with Crippen LogP contribution in [0.2, 0.25) is 0 Å². The molecule has 0 saturated heterocycles. The fourth-order valence-electron chi connectivity index (χ4n) is 1.08. The highest BCUT2D eigenvalue weighted by molar-refractivity contribution is 6.27. The van der Waals surface area contributed by atoms with Gasteiger partial charge in [-0.3, -0.25) is 9.59 Å². The Morgan fingerprint density at radius 1 is 0.526 bits per heavy atom. The van der Waals surface area contributed by atoms with Gasteiger partial charge in [-0.2, -0.15) is 0 Å². The first-order valence-corrected chi connectivity index (χ1v) is 5.67. The summed E-state index contributed by atoms with van der Waals surface area (Å²) in [5.74, 6) is -5.17. The van der Waals surface area contributed by atoms with Gasteiger partial charge in [-0.05, 0) is 12.8 Å². The van der Waals surface area contributed by atoms with E-state index in [1.54, 1.807) is 0 Å². The summed E-state index contributed by atoms with van der Waals surface area (Å²) in [6, 6.07) is 0. The lowest BCUT2D eigenvalue weighted by molar-refractivity contribution is -0.159. The summed E-state index contributed by atoms with van der Waals surface area (Å²) in [6.07, 6.45) is 4.53. The molecule has 0 aliphatic carbocycles. The van der Waals surface area contributed by atoms with E-state index in [9.17, 15) is 9.59 Å². The maximum atomic E-state index is 10.1. The number of carbonyl (C=O) groups is 4. The van der Waals surface area contributed by atoms with Crippen LogP contribution in [0.3, 0.4) is 0 Å². The predicted molar refractivity (Wildman–Crippen MR) is 62.9 cm³/mol. The van der Waals surface area contributed by atoms with E-state index in [2.05, 4.69) is 0 Å². The fourth-order valence-corrected chi connectivity index (χ4v) is 1.08. The SMILES string of the molecule is O=C(O)C(=O)O.O=C(O)CCCCCCCC(=O)O. The third-order valence-corrected chi connectivity index (χ3v) is 1.96. The molecule has 0 aromatic carbocycles. The number of hydrogen-bond acceptors (Lipinski definition) is 4. The molecule has 0 aromatic heterocycles.